The molecule has 0 radical (unpaired) electrons. The maximum atomic E-state index is 13.6. The number of hydrogen-bond acceptors (Lipinski definition) is 7. The largest absolute Gasteiger partial charge is 0.475 e. The van der Waals surface area contributed by atoms with Gasteiger partial charge in [0.2, 0.25) is 15.9 Å². The molecule has 2 aromatic heterocycles. The minimum absolute atomic E-state index is 0.0303. The van der Waals surface area contributed by atoms with Gasteiger partial charge < -0.3 is 9.64 Å². The fourth-order valence-electron chi connectivity index (χ4n) is 3.98. The number of sulfonamides is 1. The van der Waals surface area contributed by atoms with Gasteiger partial charge in [0, 0.05) is 30.4 Å². The smallest absolute Gasteiger partial charge is 0.471 e. The lowest BCUT2D eigenvalue weighted by Crippen LogP contribution is -2.40. The number of anilines is 1. The Morgan fingerprint density at radius 1 is 1.08 bits per heavy atom. The molecule has 0 fully saturated rings. The number of nitrogens with one attached hydrogen (secondary N) is 1. The first-order chi connectivity index (χ1) is 18.0. The van der Waals surface area contributed by atoms with Gasteiger partial charge in [0.05, 0.1) is 4.90 Å². The summed E-state index contributed by atoms with van der Waals surface area (Å²) in [5, 5.41) is 12.3. The van der Waals surface area contributed by atoms with Gasteiger partial charge >= 0.3 is 12.1 Å². The zero-order valence-corrected chi connectivity index (χ0v) is 20.1. The molecule has 0 saturated heterocycles. The minimum Gasteiger partial charge on any atom is -0.475 e. The first kappa shape index (κ1) is 25.5. The number of alkyl halides is 3. The summed E-state index contributed by atoms with van der Waals surface area (Å²) in [6.45, 7) is -0.437. The van der Waals surface area contributed by atoms with E-state index < -0.39 is 27.9 Å². The lowest BCUT2D eigenvalue weighted by Gasteiger charge is -2.19. The topological polar surface area (TPSA) is 119 Å². The first-order valence-corrected chi connectivity index (χ1v) is 12.6. The van der Waals surface area contributed by atoms with Gasteiger partial charge in [-0.25, -0.2) is 17.5 Å². The van der Waals surface area contributed by atoms with Crippen LogP contribution in [0.1, 0.15) is 5.56 Å². The highest BCUT2D eigenvalue weighted by Crippen LogP contribution is 2.33. The van der Waals surface area contributed by atoms with Crippen LogP contribution in [-0.2, 0) is 21.2 Å². The molecule has 5 rings (SSSR count). The highest BCUT2D eigenvalue weighted by molar-refractivity contribution is 7.89. The molecule has 0 atom stereocenters. The third-order valence-electron chi connectivity index (χ3n) is 5.71. The molecule has 38 heavy (non-hydrogen) atoms. The van der Waals surface area contributed by atoms with Gasteiger partial charge in [-0.2, -0.15) is 17.7 Å². The van der Waals surface area contributed by atoms with E-state index in [9.17, 15) is 30.8 Å². The normalized spacial score (nSPS) is 13.6. The van der Waals surface area contributed by atoms with Crippen LogP contribution in [0.15, 0.2) is 59.5 Å². The second-order valence-corrected chi connectivity index (χ2v) is 9.98. The van der Waals surface area contributed by atoms with Crippen LogP contribution in [0.25, 0.3) is 17.0 Å². The molecule has 10 nitrogen and oxygen atoms in total. The number of carbonyl (C=O) groups excluding carboxylic acids is 1. The van der Waals surface area contributed by atoms with E-state index >= 15 is 0 Å². The number of ether oxygens (including phenoxy) is 1. The highest BCUT2D eigenvalue weighted by atomic mass is 32.2. The average molecular weight is 550 g/mol. The van der Waals surface area contributed by atoms with Gasteiger partial charge in [-0.1, -0.05) is 12.1 Å². The van der Waals surface area contributed by atoms with Gasteiger partial charge in [-0.15, -0.1) is 15.3 Å². The van der Waals surface area contributed by atoms with Crippen molar-refractivity contribution in [3.8, 4) is 17.3 Å². The summed E-state index contributed by atoms with van der Waals surface area (Å²) in [5.74, 6) is -2.02. The van der Waals surface area contributed by atoms with Crippen molar-refractivity contribution < 1.29 is 35.5 Å². The van der Waals surface area contributed by atoms with Crippen LogP contribution >= 0.6 is 0 Å². The molecule has 0 unspecified atom stereocenters. The van der Waals surface area contributed by atoms with Crippen LogP contribution in [0.5, 0.6) is 5.88 Å². The van der Waals surface area contributed by atoms with Gasteiger partial charge in [0.25, 0.3) is 0 Å². The molecule has 1 aliphatic rings. The SMILES string of the molecule is O=C(N1CCc2cc(S(=O)(=O)NCCOc3ccc4nnc(-c5cccc(F)c5)n4n3)ccc21)C(F)(F)F. The third-order valence-corrected chi connectivity index (χ3v) is 7.17. The monoisotopic (exact) mass is 550 g/mol. The van der Waals surface area contributed by atoms with Crippen molar-refractivity contribution in [2.24, 2.45) is 0 Å². The fourth-order valence-corrected chi connectivity index (χ4v) is 5.04. The number of halogens is 4. The Labute approximate surface area is 212 Å². The van der Waals surface area contributed by atoms with Crippen molar-refractivity contribution in [3.05, 3.63) is 66.0 Å². The maximum absolute atomic E-state index is 13.6. The third kappa shape index (κ3) is 5.02. The summed E-state index contributed by atoms with van der Waals surface area (Å²) in [6, 6.07) is 12.4. The van der Waals surface area contributed by atoms with Crippen molar-refractivity contribution in [1.82, 2.24) is 24.5 Å². The molecule has 0 spiro atoms. The Hall–Kier alpha value is -4.11. The lowest BCUT2D eigenvalue weighted by molar-refractivity contribution is -0.170. The molecular weight excluding hydrogens is 532 g/mol. The molecule has 0 saturated carbocycles. The Morgan fingerprint density at radius 2 is 1.89 bits per heavy atom. The van der Waals surface area contributed by atoms with E-state index in [0.717, 1.165) is 6.07 Å². The lowest BCUT2D eigenvalue weighted by atomic mass is 10.2. The van der Waals surface area contributed by atoms with Crippen LogP contribution in [-0.4, -0.2) is 60.0 Å². The summed E-state index contributed by atoms with van der Waals surface area (Å²) in [6.07, 6.45) is -4.93. The van der Waals surface area contributed by atoms with E-state index in [0.29, 0.717) is 21.7 Å². The van der Waals surface area contributed by atoms with E-state index in [1.54, 1.807) is 12.1 Å². The van der Waals surface area contributed by atoms with E-state index in [2.05, 4.69) is 20.0 Å². The molecule has 1 N–H and O–H groups in total. The predicted octanol–water partition coefficient (Wildman–Crippen LogP) is 2.74. The second-order valence-electron chi connectivity index (χ2n) is 8.22. The number of rotatable bonds is 7. The number of amides is 1. The number of benzene rings is 2. The molecule has 1 amide bonds. The van der Waals surface area contributed by atoms with Gasteiger partial charge in [0.1, 0.15) is 12.4 Å². The molecule has 4 aromatic rings. The first-order valence-electron chi connectivity index (χ1n) is 11.2. The van der Waals surface area contributed by atoms with Crippen molar-refractivity contribution in [2.45, 2.75) is 17.5 Å². The number of hydrogen-bond donors (Lipinski definition) is 1. The number of fused-ring (bicyclic) bond motifs is 2. The molecule has 2 aromatic carbocycles. The number of carbonyl (C=O) groups is 1. The van der Waals surface area contributed by atoms with Gasteiger partial charge in [0.15, 0.2) is 11.5 Å². The van der Waals surface area contributed by atoms with Crippen molar-refractivity contribution >= 4 is 27.3 Å². The van der Waals surface area contributed by atoms with E-state index in [4.69, 9.17) is 4.74 Å². The van der Waals surface area contributed by atoms with Crippen LogP contribution in [0, 0.1) is 5.82 Å². The Morgan fingerprint density at radius 3 is 2.66 bits per heavy atom. The summed E-state index contributed by atoms with van der Waals surface area (Å²) >= 11 is 0. The van der Waals surface area contributed by atoms with E-state index in [-0.39, 0.29) is 48.4 Å². The Balaban J connectivity index is 1.23. The zero-order valence-electron chi connectivity index (χ0n) is 19.3. The Kier molecular flexibility index (Phi) is 6.48. The molecule has 15 heteroatoms. The summed E-state index contributed by atoms with van der Waals surface area (Å²) in [7, 11) is -4.01. The Bertz CT molecular complexity index is 1640. The number of nitrogens with zero attached hydrogens (tertiary/aromatic N) is 5. The maximum Gasteiger partial charge on any atom is 0.471 e. The average Bonchev–Trinajstić information content (AvgIpc) is 3.49. The molecule has 0 aliphatic carbocycles. The van der Waals surface area contributed by atoms with Gasteiger partial charge in [-0.3, -0.25) is 4.79 Å². The molecule has 0 bridgehead atoms. The molecular formula is C23H18F4N6O4S. The van der Waals surface area contributed by atoms with Crippen LogP contribution in [0.2, 0.25) is 0 Å². The number of aromatic nitrogens is 4. The minimum atomic E-state index is -5.03. The standard InChI is InChI=1S/C23H18F4N6O4S/c24-16-3-1-2-15(12-16)21-30-29-19-6-7-20(31-33(19)21)37-11-9-28-38(35,36)17-4-5-18-14(13-17)8-10-32(18)22(34)23(25,26)27/h1-7,12-13,28H,8-11H2. The van der Waals surface area contributed by atoms with E-state index in [1.165, 1.54) is 40.9 Å². The summed E-state index contributed by atoms with van der Waals surface area (Å²) < 4.78 is 86.6. The van der Waals surface area contributed by atoms with E-state index in [1.807, 2.05) is 0 Å². The second kappa shape index (κ2) is 9.64. The quantitative estimate of drug-likeness (QED) is 0.278. The summed E-state index contributed by atoms with van der Waals surface area (Å²) in [4.78, 5) is 12.0. The van der Waals surface area contributed by atoms with Crippen molar-refractivity contribution in [3.63, 3.8) is 0 Å². The molecule has 3 heterocycles. The predicted molar refractivity (Wildman–Crippen MR) is 125 cm³/mol. The summed E-state index contributed by atoms with van der Waals surface area (Å²) in [5.41, 5.74) is 1.20. The highest BCUT2D eigenvalue weighted by Gasteiger charge is 2.44. The van der Waals surface area contributed by atoms with Crippen LogP contribution in [0.4, 0.5) is 23.2 Å². The zero-order chi connectivity index (χ0) is 27.1. The molecule has 1 aliphatic heterocycles. The van der Waals surface area contributed by atoms with Crippen LogP contribution < -0.4 is 14.4 Å². The van der Waals surface area contributed by atoms with Crippen molar-refractivity contribution in [1.29, 1.82) is 0 Å². The van der Waals surface area contributed by atoms with Crippen LogP contribution in [0.3, 0.4) is 0 Å². The van der Waals surface area contributed by atoms with Gasteiger partial charge in [-0.05, 0) is 48.4 Å². The fraction of sp³-hybridized carbons (Fsp3) is 0.217. The molecule has 198 valence electrons. The van der Waals surface area contributed by atoms with Crippen molar-refractivity contribution in [2.75, 3.05) is 24.6 Å².